The minimum atomic E-state index is 0.690. The van der Waals surface area contributed by atoms with Crippen LogP contribution in [-0.2, 0) is 0 Å². The maximum Gasteiger partial charge on any atom is -0.000434 e. The lowest BCUT2D eigenvalue weighted by molar-refractivity contribution is 0.102. The van der Waals surface area contributed by atoms with E-state index in [2.05, 4.69) is 30.9 Å². The average molecular weight is 185 g/mol. The van der Waals surface area contributed by atoms with Gasteiger partial charge in [0.2, 0.25) is 0 Å². The molecule has 2 heteroatoms. The van der Waals surface area contributed by atoms with Gasteiger partial charge < -0.3 is 5.32 Å². The summed E-state index contributed by atoms with van der Waals surface area (Å²) < 4.78 is 0. The summed E-state index contributed by atoms with van der Waals surface area (Å²) in [6.45, 7) is 7.36. The van der Waals surface area contributed by atoms with Crippen LogP contribution in [0.1, 0.15) is 20.3 Å². The van der Waals surface area contributed by atoms with Crippen LogP contribution in [0.4, 0.5) is 0 Å². The van der Waals surface area contributed by atoms with Gasteiger partial charge in [0.05, 0.1) is 0 Å². The molecule has 0 saturated carbocycles. The fourth-order valence-corrected chi connectivity index (χ4v) is 4.67. The Balaban J connectivity index is 2.15. The summed E-state index contributed by atoms with van der Waals surface area (Å²) in [5, 5.41) is 3.50. The van der Waals surface area contributed by atoms with Crippen LogP contribution < -0.4 is 5.32 Å². The van der Waals surface area contributed by atoms with Crippen LogP contribution in [-0.4, -0.2) is 24.6 Å². The molecular formula is C10H19NS. The molecule has 3 unspecified atom stereocenters. The third-order valence-electron chi connectivity index (χ3n) is 3.92. The fourth-order valence-electron chi connectivity index (χ4n) is 2.77. The van der Waals surface area contributed by atoms with Gasteiger partial charge in [0.25, 0.3) is 0 Å². The highest BCUT2D eigenvalue weighted by Crippen LogP contribution is 2.49. The third-order valence-corrected chi connectivity index (χ3v) is 5.40. The molecule has 0 aromatic heterocycles. The summed E-state index contributed by atoms with van der Waals surface area (Å²) in [6.07, 6.45) is 1.41. The lowest BCUT2D eigenvalue weighted by atomic mass is 9.66. The van der Waals surface area contributed by atoms with Crippen LogP contribution in [0.5, 0.6) is 0 Å². The first-order valence-electron chi connectivity index (χ1n) is 5.04. The van der Waals surface area contributed by atoms with Gasteiger partial charge in [-0.15, -0.1) is 0 Å². The summed E-state index contributed by atoms with van der Waals surface area (Å²) in [7, 11) is 0. The second kappa shape index (κ2) is 3.22. The summed E-state index contributed by atoms with van der Waals surface area (Å²) in [6, 6.07) is 0. The van der Waals surface area contributed by atoms with Gasteiger partial charge in [-0.1, -0.05) is 13.8 Å². The summed E-state index contributed by atoms with van der Waals surface area (Å²) in [5.74, 6) is 4.64. The molecular weight excluding hydrogens is 166 g/mol. The van der Waals surface area contributed by atoms with Gasteiger partial charge >= 0.3 is 0 Å². The smallest absolute Gasteiger partial charge is 0.000434 e. The number of hydrogen-bond donors (Lipinski definition) is 1. The van der Waals surface area contributed by atoms with E-state index in [1.54, 1.807) is 0 Å². The van der Waals surface area contributed by atoms with Crippen LogP contribution in [0.3, 0.4) is 0 Å². The van der Waals surface area contributed by atoms with Gasteiger partial charge in [0.1, 0.15) is 0 Å². The van der Waals surface area contributed by atoms with E-state index in [4.69, 9.17) is 0 Å². The Morgan fingerprint density at radius 3 is 2.75 bits per heavy atom. The topological polar surface area (TPSA) is 12.0 Å². The fraction of sp³-hybridized carbons (Fsp3) is 1.00. The molecule has 2 aliphatic rings. The molecule has 0 aliphatic carbocycles. The van der Waals surface area contributed by atoms with Crippen LogP contribution in [0, 0.1) is 17.3 Å². The summed E-state index contributed by atoms with van der Waals surface area (Å²) >= 11 is 2.16. The molecule has 0 aromatic carbocycles. The molecule has 3 atom stereocenters. The van der Waals surface area contributed by atoms with E-state index in [1.807, 2.05) is 0 Å². The van der Waals surface area contributed by atoms with E-state index < -0.39 is 0 Å². The third kappa shape index (κ3) is 1.20. The number of nitrogens with one attached hydrogen (secondary N) is 1. The normalized spacial score (nSPS) is 48.5. The van der Waals surface area contributed by atoms with Crippen molar-refractivity contribution in [1.29, 1.82) is 0 Å². The summed E-state index contributed by atoms with van der Waals surface area (Å²) in [4.78, 5) is 0. The van der Waals surface area contributed by atoms with Crippen molar-refractivity contribution in [2.75, 3.05) is 24.6 Å². The highest BCUT2D eigenvalue weighted by molar-refractivity contribution is 7.99. The van der Waals surface area contributed by atoms with Crippen LogP contribution in [0.2, 0.25) is 0 Å². The minimum Gasteiger partial charge on any atom is -0.316 e. The van der Waals surface area contributed by atoms with Crippen molar-refractivity contribution < 1.29 is 0 Å². The number of thioether (sulfide) groups is 1. The van der Waals surface area contributed by atoms with Gasteiger partial charge in [0, 0.05) is 0 Å². The molecule has 0 bridgehead atoms. The number of piperidine rings is 1. The predicted molar refractivity (Wildman–Crippen MR) is 55.6 cm³/mol. The van der Waals surface area contributed by atoms with Crippen molar-refractivity contribution in [3.05, 3.63) is 0 Å². The first-order chi connectivity index (χ1) is 5.76. The molecule has 0 amide bonds. The van der Waals surface area contributed by atoms with Crippen LogP contribution in [0.15, 0.2) is 0 Å². The second-order valence-corrected chi connectivity index (χ2v) is 5.53. The van der Waals surface area contributed by atoms with E-state index in [1.165, 1.54) is 31.0 Å². The zero-order valence-corrected chi connectivity index (χ0v) is 8.91. The van der Waals surface area contributed by atoms with Gasteiger partial charge in [-0.05, 0) is 48.3 Å². The first kappa shape index (κ1) is 8.89. The molecule has 1 nitrogen and oxygen atoms in total. The molecule has 1 N–H and O–H groups in total. The molecule has 2 saturated heterocycles. The number of hydrogen-bond acceptors (Lipinski definition) is 2. The highest BCUT2D eigenvalue weighted by atomic mass is 32.2. The predicted octanol–water partition coefficient (Wildman–Crippen LogP) is 1.99. The molecule has 70 valence electrons. The van der Waals surface area contributed by atoms with Crippen molar-refractivity contribution in [1.82, 2.24) is 5.32 Å². The Morgan fingerprint density at radius 2 is 2.17 bits per heavy atom. The minimum absolute atomic E-state index is 0.690. The van der Waals surface area contributed by atoms with Crippen molar-refractivity contribution in [2.24, 2.45) is 17.3 Å². The number of rotatable bonds is 0. The molecule has 2 rings (SSSR count). The van der Waals surface area contributed by atoms with Gasteiger partial charge in [-0.25, -0.2) is 0 Å². The second-order valence-electron chi connectivity index (χ2n) is 4.50. The molecule has 12 heavy (non-hydrogen) atoms. The van der Waals surface area contributed by atoms with Crippen molar-refractivity contribution in [3.8, 4) is 0 Å². The van der Waals surface area contributed by atoms with E-state index >= 15 is 0 Å². The Bertz CT molecular complexity index is 171. The molecule has 2 fully saturated rings. The van der Waals surface area contributed by atoms with E-state index in [9.17, 15) is 0 Å². The Hall–Kier alpha value is 0.310. The van der Waals surface area contributed by atoms with E-state index in [-0.39, 0.29) is 0 Å². The molecule has 2 aliphatic heterocycles. The largest absolute Gasteiger partial charge is 0.316 e. The van der Waals surface area contributed by atoms with Gasteiger partial charge in [0.15, 0.2) is 0 Å². The van der Waals surface area contributed by atoms with Gasteiger partial charge in [-0.2, -0.15) is 11.8 Å². The lowest BCUT2D eigenvalue weighted by Gasteiger charge is -2.43. The standard InChI is InChI=1S/C10H19NS/c1-8-5-11-4-3-10(8)7-12-6-9(10)2/h8-9,11H,3-7H2,1-2H3. The van der Waals surface area contributed by atoms with Crippen LogP contribution >= 0.6 is 11.8 Å². The maximum absolute atomic E-state index is 3.50. The molecule has 0 aromatic rings. The monoisotopic (exact) mass is 185 g/mol. The summed E-state index contributed by atoms with van der Waals surface area (Å²) in [5.41, 5.74) is 0.690. The SMILES string of the molecule is CC1CNCCC12CSCC2C. The van der Waals surface area contributed by atoms with Gasteiger partial charge in [-0.3, -0.25) is 0 Å². The maximum atomic E-state index is 3.50. The molecule has 2 heterocycles. The zero-order chi connectivity index (χ0) is 8.60. The van der Waals surface area contributed by atoms with E-state index in [0.717, 1.165) is 11.8 Å². The van der Waals surface area contributed by atoms with Crippen molar-refractivity contribution in [2.45, 2.75) is 20.3 Å². The van der Waals surface area contributed by atoms with E-state index in [0.29, 0.717) is 5.41 Å². The quantitative estimate of drug-likeness (QED) is 0.619. The first-order valence-corrected chi connectivity index (χ1v) is 6.19. The average Bonchev–Trinajstić information content (AvgIpc) is 2.41. The lowest BCUT2D eigenvalue weighted by Crippen LogP contribution is -2.47. The molecule has 1 spiro atoms. The van der Waals surface area contributed by atoms with Crippen LogP contribution in [0.25, 0.3) is 0 Å². The zero-order valence-electron chi connectivity index (χ0n) is 8.10. The Morgan fingerprint density at radius 1 is 1.33 bits per heavy atom. The Labute approximate surface area is 79.7 Å². The Kier molecular flexibility index (Phi) is 2.39. The molecule has 0 radical (unpaired) electrons. The highest BCUT2D eigenvalue weighted by Gasteiger charge is 2.45. The van der Waals surface area contributed by atoms with Crippen molar-refractivity contribution in [3.63, 3.8) is 0 Å². The van der Waals surface area contributed by atoms with Crippen molar-refractivity contribution >= 4 is 11.8 Å².